The van der Waals surface area contributed by atoms with Crippen molar-refractivity contribution in [3.8, 4) is 0 Å². The molecule has 4 nitrogen and oxygen atoms in total. The summed E-state index contributed by atoms with van der Waals surface area (Å²) in [6, 6.07) is 5.37. The van der Waals surface area contributed by atoms with Gasteiger partial charge in [-0.15, -0.1) is 11.6 Å². The van der Waals surface area contributed by atoms with Gasteiger partial charge in [0.15, 0.2) is 0 Å². The Morgan fingerprint density at radius 3 is 2.53 bits per heavy atom. The van der Waals surface area contributed by atoms with E-state index in [1.165, 1.54) is 7.11 Å². The SMILES string of the molecule is CCOC(=O)CCc1cccc(CCl)c1C(=O)OC. The van der Waals surface area contributed by atoms with Crippen LogP contribution in [-0.4, -0.2) is 25.7 Å². The van der Waals surface area contributed by atoms with Gasteiger partial charge in [0.25, 0.3) is 0 Å². The largest absolute Gasteiger partial charge is 0.466 e. The molecule has 1 aromatic rings. The average molecular weight is 285 g/mol. The molecule has 104 valence electrons. The van der Waals surface area contributed by atoms with Gasteiger partial charge in [0.05, 0.1) is 19.3 Å². The van der Waals surface area contributed by atoms with Gasteiger partial charge >= 0.3 is 11.9 Å². The second-order valence-corrected chi connectivity index (χ2v) is 4.15. The summed E-state index contributed by atoms with van der Waals surface area (Å²) in [4.78, 5) is 23.1. The highest BCUT2D eigenvalue weighted by Gasteiger charge is 2.17. The van der Waals surface area contributed by atoms with E-state index in [-0.39, 0.29) is 18.3 Å². The van der Waals surface area contributed by atoms with Crippen LogP contribution in [0.3, 0.4) is 0 Å². The number of aryl methyl sites for hydroxylation is 1. The van der Waals surface area contributed by atoms with Crippen molar-refractivity contribution in [2.45, 2.75) is 25.6 Å². The van der Waals surface area contributed by atoms with Crippen LogP contribution in [0, 0.1) is 0 Å². The summed E-state index contributed by atoms with van der Waals surface area (Å²) in [5.74, 6) is -0.498. The molecule has 0 radical (unpaired) electrons. The van der Waals surface area contributed by atoms with E-state index in [1.807, 2.05) is 6.07 Å². The van der Waals surface area contributed by atoms with Gasteiger partial charge in [-0.2, -0.15) is 0 Å². The van der Waals surface area contributed by atoms with Crippen LogP contribution in [0.15, 0.2) is 18.2 Å². The average Bonchev–Trinajstić information content (AvgIpc) is 2.44. The lowest BCUT2D eigenvalue weighted by molar-refractivity contribution is -0.143. The van der Waals surface area contributed by atoms with Crippen molar-refractivity contribution in [3.63, 3.8) is 0 Å². The van der Waals surface area contributed by atoms with E-state index in [1.54, 1.807) is 19.1 Å². The summed E-state index contributed by atoms with van der Waals surface area (Å²) in [7, 11) is 1.32. The van der Waals surface area contributed by atoms with E-state index in [9.17, 15) is 9.59 Å². The minimum absolute atomic E-state index is 0.220. The molecule has 1 rings (SSSR count). The van der Waals surface area contributed by atoms with Crippen LogP contribution < -0.4 is 0 Å². The smallest absolute Gasteiger partial charge is 0.338 e. The Labute approximate surface area is 117 Å². The highest BCUT2D eigenvalue weighted by molar-refractivity contribution is 6.17. The third-order valence-corrected chi connectivity index (χ3v) is 2.96. The molecule has 0 aliphatic rings. The fourth-order valence-electron chi connectivity index (χ4n) is 1.81. The van der Waals surface area contributed by atoms with Crippen molar-refractivity contribution in [3.05, 3.63) is 34.9 Å². The van der Waals surface area contributed by atoms with Crippen LogP contribution in [-0.2, 0) is 26.6 Å². The number of methoxy groups -OCH3 is 1. The van der Waals surface area contributed by atoms with E-state index in [4.69, 9.17) is 21.1 Å². The first-order chi connectivity index (χ1) is 9.13. The van der Waals surface area contributed by atoms with Gasteiger partial charge in [-0.1, -0.05) is 18.2 Å². The third-order valence-electron chi connectivity index (χ3n) is 2.67. The van der Waals surface area contributed by atoms with Crippen LogP contribution >= 0.6 is 11.6 Å². The van der Waals surface area contributed by atoms with Crippen molar-refractivity contribution in [1.29, 1.82) is 0 Å². The maximum atomic E-state index is 11.8. The Kier molecular flexibility index (Phi) is 6.36. The summed E-state index contributed by atoms with van der Waals surface area (Å²) >= 11 is 5.82. The number of ether oxygens (including phenoxy) is 2. The summed E-state index contributed by atoms with van der Waals surface area (Å²) in [5, 5.41) is 0. The van der Waals surface area contributed by atoms with E-state index in [2.05, 4.69) is 0 Å². The molecule has 0 amide bonds. The van der Waals surface area contributed by atoms with Crippen molar-refractivity contribution in [2.75, 3.05) is 13.7 Å². The molecule has 0 spiro atoms. The molecule has 0 unspecified atom stereocenters. The molecule has 0 saturated carbocycles. The maximum absolute atomic E-state index is 11.8. The Bertz CT molecular complexity index is 457. The zero-order valence-corrected chi connectivity index (χ0v) is 11.8. The lowest BCUT2D eigenvalue weighted by Gasteiger charge is -2.11. The maximum Gasteiger partial charge on any atom is 0.338 e. The zero-order chi connectivity index (χ0) is 14.3. The van der Waals surface area contributed by atoms with Crippen LogP contribution in [0.5, 0.6) is 0 Å². The standard InChI is InChI=1S/C14H17ClO4/c1-3-19-12(16)8-7-10-5-4-6-11(9-15)13(10)14(17)18-2/h4-6H,3,7-9H2,1-2H3. The second-order valence-electron chi connectivity index (χ2n) is 3.88. The number of carbonyl (C=O) groups is 2. The Morgan fingerprint density at radius 1 is 1.26 bits per heavy atom. The first kappa shape index (κ1) is 15.5. The van der Waals surface area contributed by atoms with Gasteiger partial charge in [-0.3, -0.25) is 4.79 Å². The molecule has 0 aliphatic carbocycles. The predicted molar refractivity (Wildman–Crippen MR) is 72.3 cm³/mol. The fraction of sp³-hybridized carbons (Fsp3) is 0.429. The first-order valence-electron chi connectivity index (χ1n) is 6.04. The fourth-order valence-corrected chi connectivity index (χ4v) is 2.03. The van der Waals surface area contributed by atoms with Gasteiger partial charge in [-0.25, -0.2) is 4.79 Å². The number of carbonyl (C=O) groups excluding carboxylic acids is 2. The monoisotopic (exact) mass is 284 g/mol. The van der Waals surface area contributed by atoms with Crippen LogP contribution in [0.2, 0.25) is 0 Å². The highest BCUT2D eigenvalue weighted by Crippen LogP contribution is 2.19. The molecule has 0 bridgehead atoms. The van der Waals surface area contributed by atoms with E-state index >= 15 is 0 Å². The summed E-state index contributed by atoms with van der Waals surface area (Å²) in [6.07, 6.45) is 0.650. The number of alkyl halides is 1. The topological polar surface area (TPSA) is 52.6 Å². The number of hydrogen-bond acceptors (Lipinski definition) is 4. The molecule has 0 atom stereocenters. The minimum atomic E-state index is -0.435. The van der Waals surface area contributed by atoms with Gasteiger partial charge in [-0.05, 0) is 24.5 Å². The summed E-state index contributed by atoms with van der Waals surface area (Å²) in [5.41, 5.74) is 1.90. The Balaban J connectivity index is 2.93. The van der Waals surface area contributed by atoms with E-state index < -0.39 is 5.97 Å². The lowest BCUT2D eigenvalue weighted by atomic mass is 9.98. The molecule has 0 N–H and O–H groups in total. The lowest BCUT2D eigenvalue weighted by Crippen LogP contribution is -2.11. The van der Waals surface area contributed by atoms with Gasteiger partial charge < -0.3 is 9.47 Å². The molecule has 19 heavy (non-hydrogen) atoms. The van der Waals surface area contributed by atoms with Gasteiger partial charge in [0.2, 0.25) is 0 Å². The predicted octanol–water partition coefficient (Wildman–Crippen LogP) is 2.71. The minimum Gasteiger partial charge on any atom is -0.466 e. The number of halogens is 1. The molecule has 0 heterocycles. The summed E-state index contributed by atoms with van der Waals surface area (Å²) < 4.78 is 9.63. The van der Waals surface area contributed by atoms with Crippen molar-refractivity contribution >= 4 is 23.5 Å². The third kappa shape index (κ3) is 4.24. The van der Waals surface area contributed by atoms with Crippen LogP contribution in [0.25, 0.3) is 0 Å². The molecular formula is C14H17ClO4. The molecule has 1 aromatic carbocycles. The molecule has 0 aromatic heterocycles. The van der Waals surface area contributed by atoms with Gasteiger partial charge in [0.1, 0.15) is 0 Å². The quantitative estimate of drug-likeness (QED) is 0.595. The van der Waals surface area contributed by atoms with Crippen LogP contribution in [0.1, 0.15) is 34.8 Å². The Hall–Kier alpha value is -1.55. The zero-order valence-electron chi connectivity index (χ0n) is 11.1. The Morgan fingerprint density at radius 2 is 1.95 bits per heavy atom. The molecule has 0 aliphatic heterocycles. The number of benzene rings is 1. The summed E-state index contributed by atoms with van der Waals surface area (Å²) in [6.45, 7) is 2.11. The second kappa shape index (κ2) is 7.79. The molecule has 5 heteroatoms. The normalized spacial score (nSPS) is 10.1. The van der Waals surface area contributed by atoms with E-state index in [0.29, 0.717) is 24.2 Å². The molecule has 0 fully saturated rings. The molecule has 0 saturated heterocycles. The molecular weight excluding hydrogens is 268 g/mol. The van der Waals surface area contributed by atoms with E-state index in [0.717, 1.165) is 5.56 Å². The first-order valence-corrected chi connectivity index (χ1v) is 6.58. The van der Waals surface area contributed by atoms with Gasteiger partial charge in [0, 0.05) is 12.3 Å². The van der Waals surface area contributed by atoms with Crippen molar-refractivity contribution < 1.29 is 19.1 Å². The van der Waals surface area contributed by atoms with Crippen LogP contribution in [0.4, 0.5) is 0 Å². The highest BCUT2D eigenvalue weighted by atomic mass is 35.5. The number of rotatable bonds is 6. The van der Waals surface area contributed by atoms with Crippen molar-refractivity contribution in [1.82, 2.24) is 0 Å². The number of esters is 2. The number of hydrogen-bond donors (Lipinski definition) is 0. The van der Waals surface area contributed by atoms with Crippen molar-refractivity contribution in [2.24, 2.45) is 0 Å².